The van der Waals surface area contributed by atoms with E-state index in [0.717, 1.165) is 271 Å². The number of carbonyl (C=O) groups excluding carboxylic acids is 10. The lowest BCUT2D eigenvalue weighted by molar-refractivity contribution is -0.177. The Morgan fingerprint density at radius 2 is 0.423 bits per heavy atom. The van der Waals surface area contributed by atoms with E-state index in [1.807, 2.05) is 0 Å². The van der Waals surface area contributed by atoms with E-state index >= 15 is 47.9 Å². The van der Waals surface area contributed by atoms with Crippen LogP contribution in [-0.2, 0) is 57.4 Å². The van der Waals surface area contributed by atoms with Crippen LogP contribution < -0.4 is 5.73 Å². The van der Waals surface area contributed by atoms with E-state index in [-0.39, 0.29) is 83.5 Å². The maximum Gasteiger partial charge on any atom is 0.342 e. The summed E-state index contributed by atoms with van der Waals surface area (Å²) in [5.41, 5.74) is 1.24. The Bertz CT molecular complexity index is 2200. The zero-order chi connectivity index (χ0) is 77.4. The number of nitrogens with zero attached hydrogens (tertiary/aromatic N) is 1. The summed E-state index contributed by atoms with van der Waals surface area (Å²) in [4.78, 5) is 167. The third-order valence-electron chi connectivity index (χ3n) is 21.6. The summed E-state index contributed by atoms with van der Waals surface area (Å²) < 4.78 is 5.49. The van der Waals surface area contributed by atoms with Crippen molar-refractivity contribution in [2.24, 2.45) is 5.73 Å². The van der Waals surface area contributed by atoms with Crippen molar-refractivity contribution < 1.29 is 57.4 Å². The summed E-state index contributed by atoms with van der Waals surface area (Å²) in [6.07, 6.45) is 40.9. The molecule has 0 rings (SSSR count). The molecule has 0 saturated carbocycles. The topological polar surface area (TPSA) is 218 Å². The molecule has 104 heavy (non-hydrogen) atoms. The number of rotatable bonds is 78. The average Bonchev–Trinajstić information content (AvgIpc) is 0.701. The first-order valence-corrected chi connectivity index (χ1v) is 45.9. The normalized spacial score (nSPS) is 13.0. The fourth-order valence-electron chi connectivity index (χ4n) is 14.9. The number of amides is 2. The predicted octanol–water partition coefficient (Wildman–Crippen LogP) is 24.5. The molecule has 2 atom stereocenters. The van der Waals surface area contributed by atoms with E-state index in [0.29, 0.717) is 77.9 Å². The molecule has 0 aromatic rings. The van der Waals surface area contributed by atoms with Crippen LogP contribution in [0.2, 0.25) is 0 Å². The molecule has 2 amide bonds. The van der Waals surface area contributed by atoms with Crippen LogP contribution in [0.25, 0.3) is 0 Å². The fraction of sp³-hybridized carbons (Fsp3) is 0.886. The van der Waals surface area contributed by atoms with Gasteiger partial charge in [-0.15, -0.1) is 0 Å². The molecule has 0 aromatic heterocycles. The molecule has 0 radical (unpaired) electrons. The molecule has 0 bridgehead atoms. The van der Waals surface area contributed by atoms with Crippen molar-refractivity contribution >= 4 is 80.0 Å². The van der Waals surface area contributed by atoms with Crippen LogP contribution in [0, 0.1) is 0 Å². The van der Waals surface area contributed by atoms with Gasteiger partial charge in [-0.25, -0.2) is 9.59 Å². The van der Waals surface area contributed by atoms with Gasteiger partial charge in [-0.2, -0.15) is 0 Å². The minimum atomic E-state index is -3.37. The Hall–Kier alpha value is -3.24. The molecular weight excluding hydrogens is 1340 g/mol. The predicted molar refractivity (Wildman–Crippen MR) is 437 cm³/mol. The molecule has 606 valence electrons. The molecule has 0 fully saturated rings. The van der Waals surface area contributed by atoms with Crippen LogP contribution in [0.5, 0.6) is 0 Å². The maximum atomic E-state index is 17.3. The van der Waals surface area contributed by atoms with Gasteiger partial charge in [-0.3, -0.25) is 43.3 Å². The van der Waals surface area contributed by atoms with Crippen LogP contribution >= 0.6 is 21.6 Å². The second-order valence-electron chi connectivity index (χ2n) is 30.7. The van der Waals surface area contributed by atoms with Crippen LogP contribution in [-0.4, -0.2) is 98.1 Å². The van der Waals surface area contributed by atoms with Crippen LogP contribution in [0.4, 0.5) is 0 Å². The summed E-state index contributed by atoms with van der Waals surface area (Å²) in [5.74, 6) is -10.2. The molecule has 0 unspecified atom stereocenters. The zero-order valence-electron chi connectivity index (χ0n) is 69.0. The van der Waals surface area contributed by atoms with E-state index < -0.39 is 98.3 Å². The Labute approximate surface area is 645 Å². The highest BCUT2D eigenvalue weighted by Gasteiger charge is 2.76. The molecule has 0 aliphatic carbocycles. The molecule has 0 spiro atoms. The summed E-state index contributed by atoms with van der Waals surface area (Å²) in [6, 6.07) is 0. The van der Waals surface area contributed by atoms with Crippen LogP contribution in [0.1, 0.15) is 466 Å². The van der Waals surface area contributed by atoms with Crippen LogP contribution in [0.15, 0.2) is 0 Å². The first-order valence-electron chi connectivity index (χ1n) is 43.8. The number of hydrogen-bond donors (Lipinski definition) is 1. The van der Waals surface area contributed by atoms with Gasteiger partial charge in [-0.05, 0) is 51.4 Å². The molecular formula is C88H160N2O12S2. The highest BCUT2D eigenvalue weighted by Crippen LogP contribution is 2.58. The summed E-state index contributed by atoms with van der Waals surface area (Å²) in [6.45, 7) is 17.1. The first-order chi connectivity index (χ1) is 50.4. The average molecular weight is 1500 g/mol. The molecule has 0 heterocycles. The van der Waals surface area contributed by atoms with E-state index in [2.05, 4.69) is 55.4 Å². The second-order valence-corrected chi connectivity index (χ2v) is 33.2. The number of hydrogen-bond acceptors (Lipinski definition) is 15. The van der Waals surface area contributed by atoms with Gasteiger partial charge < -0.3 is 15.2 Å². The van der Waals surface area contributed by atoms with E-state index in [9.17, 15) is 0 Å². The van der Waals surface area contributed by atoms with Crippen molar-refractivity contribution in [2.45, 2.75) is 487 Å². The number of esters is 2. The number of ketones is 6. The first kappa shape index (κ1) is 101. The lowest BCUT2D eigenvalue weighted by Crippen LogP contribution is -2.79. The SMILES string of the molecule is CCCCCCCCCC(=O)N(C(=O)CCCCCCCCC)[C@](C(=O)CCCCCCCCC)(C(=O)OC)C(SSC(C(=O)CCCCCCCCC)(C(=O)CCCCCCCCC)[C@@](N)(C(=O)CCCCCCCCC)C(=O)OC)(C(=O)CCCCCCCCC)C(=O)CCCCCCCCC. The monoisotopic (exact) mass is 1500 g/mol. The van der Waals surface area contributed by atoms with E-state index in [4.69, 9.17) is 15.2 Å². The lowest BCUT2D eigenvalue weighted by Gasteiger charge is -2.51. The van der Waals surface area contributed by atoms with E-state index in [1.165, 1.54) is 0 Å². The number of ether oxygens (including phenoxy) is 2. The number of unbranched alkanes of at least 4 members (excludes halogenated alkanes) is 48. The lowest BCUT2D eigenvalue weighted by atomic mass is 9.69. The highest BCUT2D eigenvalue weighted by molar-refractivity contribution is 8.78. The molecule has 16 heteroatoms. The molecule has 0 aliphatic rings. The minimum absolute atomic E-state index is 0.167. The highest BCUT2D eigenvalue weighted by atomic mass is 33.1. The number of carbonyl (C=O) groups is 10. The standard InChI is InChI=1S/C88H160N2O12S2/c1-11-19-27-35-43-51-59-67-75(91)85(89,83(99)101-9)87(77(93)69-61-53-45-37-29-21-13-3,78(94)70-62-54-46-38-30-22-14-4)103-104-88(79(95)71-63-55-47-39-31-23-15-5,80(96)72-64-56-48-40-32-24-16-6)86(84(100)102-10,76(92)68-60-52-44-36-28-20-12-2)90(81(97)73-65-57-49-41-33-25-17-7)82(98)74-66-58-50-42-34-26-18-8/h11-74,89H2,1-10H3/t85-,86-/m1/s1. The van der Waals surface area contributed by atoms with Crippen molar-refractivity contribution in [3.05, 3.63) is 0 Å². The van der Waals surface area contributed by atoms with Crippen LogP contribution in [0.3, 0.4) is 0 Å². The number of Topliss-reactive ketones (excluding diaryl/α,β-unsaturated/α-hetero) is 6. The van der Waals surface area contributed by atoms with E-state index in [1.54, 1.807) is 0 Å². The Morgan fingerprint density at radius 3 is 0.654 bits per heavy atom. The van der Waals surface area contributed by atoms with Crippen molar-refractivity contribution in [3.8, 4) is 0 Å². The smallest absolute Gasteiger partial charge is 0.342 e. The third kappa shape index (κ3) is 37.0. The second kappa shape index (κ2) is 65.6. The summed E-state index contributed by atoms with van der Waals surface area (Å²) >= 11 is 0. The third-order valence-corrected chi connectivity index (χ3v) is 25.5. The van der Waals surface area contributed by atoms with Gasteiger partial charge >= 0.3 is 11.9 Å². The van der Waals surface area contributed by atoms with Gasteiger partial charge in [0, 0.05) is 51.4 Å². The fourth-order valence-corrected chi connectivity index (χ4v) is 19.3. The van der Waals surface area contributed by atoms with Gasteiger partial charge in [0.2, 0.25) is 22.9 Å². The van der Waals surface area contributed by atoms with Gasteiger partial charge in [0.25, 0.3) is 0 Å². The van der Waals surface area contributed by atoms with Gasteiger partial charge in [0.05, 0.1) is 14.2 Å². The number of methoxy groups -OCH3 is 2. The molecule has 0 saturated heterocycles. The van der Waals surface area contributed by atoms with Gasteiger partial charge in [-0.1, -0.05) is 385 Å². The van der Waals surface area contributed by atoms with Crippen molar-refractivity contribution in [2.75, 3.05) is 14.2 Å². The molecule has 0 aromatic carbocycles. The quantitative estimate of drug-likeness (QED) is 0.0259. The number of imide groups is 1. The van der Waals surface area contributed by atoms with Crippen molar-refractivity contribution in [3.63, 3.8) is 0 Å². The summed E-state index contributed by atoms with van der Waals surface area (Å²) in [7, 11) is 2.84. The maximum absolute atomic E-state index is 17.3. The van der Waals surface area contributed by atoms with Crippen molar-refractivity contribution in [1.29, 1.82) is 0 Å². The Balaban J connectivity index is 10.3. The summed E-state index contributed by atoms with van der Waals surface area (Å²) in [5, 5.41) is 0. The Kier molecular flexibility index (Phi) is 63.6. The minimum Gasteiger partial charge on any atom is -0.467 e. The Morgan fingerprint density at radius 1 is 0.240 bits per heavy atom. The number of nitrogens with two attached hydrogens (primary N) is 1. The van der Waals surface area contributed by atoms with Gasteiger partial charge in [0.15, 0.2) is 44.2 Å². The zero-order valence-corrected chi connectivity index (χ0v) is 70.6. The molecule has 14 nitrogen and oxygen atoms in total. The van der Waals surface area contributed by atoms with Gasteiger partial charge in [0.1, 0.15) is 0 Å². The largest absolute Gasteiger partial charge is 0.467 e. The molecule has 0 aliphatic heterocycles. The molecule has 2 N–H and O–H groups in total. The van der Waals surface area contributed by atoms with Crippen molar-refractivity contribution in [1.82, 2.24) is 4.90 Å².